The van der Waals surface area contributed by atoms with Crippen molar-refractivity contribution in [2.24, 2.45) is 0 Å². The van der Waals surface area contributed by atoms with E-state index in [0.717, 1.165) is 19.1 Å². The number of anilines is 1. The molecule has 4 nitrogen and oxygen atoms in total. The van der Waals surface area contributed by atoms with Gasteiger partial charge in [0.05, 0.1) is 12.3 Å². The second-order valence-electron chi connectivity index (χ2n) is 3.04. The van der Waals surface area contributed by atoms with Gasteiger partial charge in [0.1, 0.15) is 0 Å². The van der Waals surface area contributed by atoms with E-state index in [1.807, 2.05) is 12.1 Å². The Hall–Kier alpha value is -0.180. The van der Waals surface area contributed by atoms with Crippen LogP contribution in [0.4, 0.5) is 10.5 Å². The van der Waals surface area contributed by atoms with Gasteiger partial charge in [-0.2, -0.15) is 0 Å². The summed E-state index contributed by atoms with van der Waals surface area (Å²) in [7, 11) is 0. The summed E-state index contributed by atoms with van der Waals surface area (Å²) in [6.45, 7) is 2.01. The average molecular weight is 461 g/mol. The van der Waals surface area contributed by atoms with Crippen LogP contribution in [-0.2, 0) is 4.74 Å². The van der Waals surface area contributed by atoms with Gasteiger partial charge in [-0.25, -0.2) is 4.79 Å². The topological polar surface area (TPSA) is 50.4 Å². The molecule has 0 bridgehead atoms. The zero-order chi connectivity index (χ0) is 13.7. The molecule has 0 unspecified atom stereocenters. The van der Waals surface area contributed by atoms with Crippen molar-refractivity contribution in [3.8, 4) is 0 Å². The molecule has 0 heterocycles. The number of carbonyl (C=O) groups is 1. The number of alkyl carbamates (subject to hydrolysis) is 1. The highest BCUT2D eigenvalue weighted by atomic mass is 79.9. The Bertz CT molecular complexity index is 459. The summed E-state index contributed by atoms with van der Waals surface area (Å²) in [4.78, 5) is 11.2. The van der Waals surface area contributed by atoms with Crippen LogP contribution < -0.4 is 10.6 Å². The maximum Gasteiger partial charge on any atom is 0.413 e. The molecule has 0 spiro atoms. The molecule has 0 aliphatic heterocycles. The summed E-state index contributed by atoms with van der Waals surface area (Å²) in [6, 6.07) is 3.72. The smallest absolute Gasteiger partial charge is 0.413 e. The lowest BCUT2D eigenvalue weighted by molar-refractivity contribution is 0.158. The number of halogens is 3. The normalized spacial score (nSPS) is 9.78. The van der Waals surface area contributed by atoms with Gasteiger partial charge < -0.3 is 10.1 Å². The minimum Gasteiger partial charge on any atom is -0.450 e. The van der Waals surface area contributed by atoms with Crippen LogP contribution in [0.5, 0.6) is 0 Å². The number of ether oxygens (including phenoxy) is 1. The van der Waals surface area contributed by atoms with Gasteiger partial charge in [0, 0.05) is 13.4 Å². The van der Waals surface area contributed by atoms with Gasteiger partial charge in [0.15, 0.2) is 5.11 Å². The third-order valence-electron chi connectivity index (χ3n) is 1.74. The Morgan fingerprint density at radius 1 is 1.33 bits per heavy atom. The number of nitrogens with one attached hydrogen (secondary N) is 2. The predicted octanol–water partition coefficient (Wildman–Crippen LogP) is 4.42. The molecule has 0 saturated heterocycles. The zero-order valence-corrected chi connectivity index (χ0v) is 14.8. The fraction of sp³-hybridized carbons (Fsp3) is 0.200. The summed E-state index contributed by atoms with van der Waals surface area (Å²) >= 11 is 15.2. The van der Waals surface area contributed by atoms with Gasteiger partial charge in [-0.05, 0) is 63.1 Å². The summed E-state index contributed by atoms with van der Waals surface area (Å²) in [5.74, 6) is 0. The van der Waals surface area contributed by atoms with Gasteiger partial charge in [-0.3, -0.25) is 5.32 Å². The maximum absolute atomic E-state index is 11.2. The lowest BCUT2D eigenvalue weighted by Crippen LogP contribution is -2.34. The van der Waals surface area contributed by atoms with Gasteiger partial charge >= 0.3 is 6.09 Å². The van der Waals surface area contributed by atoms with E-state index >= 15 is 0 Å². The van der Waals surface area contributed by atoms with Crippen LogP contribution in [0.2, 0.25) is 0 Å². The second kappa shape index (κ2) is 7.42. The van der Waals surface area contributed by atoms with E-state index in [1.54, 1.807) is 6.92 Å². The first-order chi connectivity index (χ1) is 8.43. The van der Waals surface area contributed by atoms with Crippen LogP contribution in [-0.4, -0.2) is 17.8 Å². The fourth-order valence-corrected chi connectivity index (χ4v) is 3.71. The van der Waals surface area contributed by atoms with E-state index in [0.29, 0.717) is 6.61 Å². The summed E-state index contributed by atoms with van der Waals surface area (Å²) in [5, 5.41) is 5.47. The molecule has 0 aliphatic rings. The highest BCUT2D eigenvalue weighted by Crippen LogP contribution is 2.34. The first-order valence-electron chi connectivity index (χ1n) is 4.83. The molecule has 2 N–H and O–H groups in total. The molecule has 0 radical (unpaired) electrons. The predicted molar refractivity (Wildman–Crippen MR) is 85.9 cm³/mol. The van der Waals surface area contributed by atoms with E-state index < -0.39 is 6.09 Å². The van der Waals surface area contributed by atoms with Crippen molar-refractivity contribution in [3.05, 3.63) is 25.6 Å². The van der Waals surface area contributed by atoms with Crippen molar-refractivity contribution in [2.75, 3.05) is 11.9 Å². The number of amides is 1. The molecular formula is C10H9Br3N2O2S. The first-order valence-corrected chi connectivity index (χ1v) is 7.62. The van der Waals surface area contributed by atoms with Crippen LogP contribution in [0.15, 0.2) is 25.6 Å². The lowest BCUT2D eigenvalue weighted by Gasteiger charge is -2.12. The minimum atomic E-state index is -0.584. The monoisotopic (exact) mass is 458 g/mol. The highest BCUT2D eigenvalue weighted by molar-refractivity contribution is 9.11. The van der Waals surface area contributed by atoms with Crippen LogP contribution in [0, 0.1) is 0 Å². The highest BCUT2D eigenvalue weighted by Gasteiger charge is 2.10. The largest absolute Gasteiger partial charge is 0.450 e. The number of carbonyl (C=O) groups excluding carboxylic acids is 1. The molecule has 1 aromatic rings. The van der Waals surface area contributed by atoms with Crippen LogP contribution in [0.3, 0.4) is 0 Å². The standard InChI is InChI=1S/C10H9Br3N2O2S/c1-2-17-10(16)15-9(18)14-8-6(12)3-5(11)4-7(8)13/h3-4H,2H2,1H3,(H2,14,15,16,18). The Balaban J connectivity index is 2.73. The van der Waals surface area contributed by atoms with E-state index in [4.69, 9.17) is 17.0 Å². The summed E-state index contributed by atoms with van der Waals surface area (Å²) in [6.07, 6.45) is -0.584. The van der Waals surface area contributed by atoms with Crippen LogP contribution >= 0.6 is 60.0 Å². The molecule has 1 amide bonds. The van der Waals surface area contributed by atoms with Crippen molar-refractivity contribution in [1.82, 2.24) is 5.32 Å². The summed E-state index contributed by atoms with van der Waals surface area (Å²) in [5.41, 5.74) is 0.722. The Morgan fingerprint density at radius 3 is 2.39 bits per heavy atom. The Labute approximate surface area is 135 Å². The molecule has 0 saturated carbocycles. The molecule has 1 rings (SSSR count). The van der Waals surface area contributed by atoms with Crippen LogP contribution in [0.1, 0.15) is 6.92 Å². The Kier molecular flexibility index (Phi) is 6.54. The number of rotatable bonds is 2. The Morgan fingerprint density at radius 2 is 1.89 bits per heavy atom. The molecular weight excluding hydrogens is 452 g/mol. The zero-order valence-electron chi connectivity index (χ0n) is 9.22. The molecule has 18 heavy (non-hydrogen) atoms. The lowest BCUT2D eigenvalue weighted by atomic mass is 10.3. The fourth-order valence-electron chi connectivity index (χ4n) is 1.07. The number of thiocarbonyl (C=S) groups is 1. The third-order valence-corrected chi connectivity index (χ3v) is 3.65. The maximum atomic E-state index is 11.2. The second-order valence-corrected chi connectivity index (χ2v) is 6.08. The van der Waals surface area contributed by atoms with Crippen molar-refractivity contribution in [2.45, 2.75) is 6.92 Å². The van der Waals surface area contributed by atoms with Crippen molar-refractivity contribution >= 4 is 76.9 Å². The minimum absolute atomic E-state index is 0.164. The average Bonchev–Trinajstić information content (AvgIpc) is 2.23. The molecule has 0 aromatic heterocycles. The molecule has 0 fully saturated rings. The van der Waals surface area contributed by atoms with Crippen molar-refractivity contribution in [1.29, 1.82) is 0 Å². The SMILES string of the molecule is CCOC(=O)NC(=S)Nc1c(Br)cc(Br)cc1Br. The van der Waals surface area contributed by atoms with Gasteiger partial charge in [-0.1, -0.05) is 15.9 Å². The molecule has 8 heteroatoms. The van der Waals surface area contributed by atoms with Gasteiger partial charge in [-0.15, -0.1) is 0 Å². The molecule has 0 aliphatic carbocycles. The van der Waals surface area contributed by atoms with E-state index in [9.17, 15) is 4.79 Å². The van der Waals surface area contributed by atoms with Gasteiger partial charge in [0.25, 0.3) is 0 Å². The van der Waals surface area contributed by atoms with E-state index in [1.165, 1.54) is 0 Å². The third kappa shape index (κ3) is 4.83. The number of hydrogen-bond acceptors (Lipinski definition) is 3. The van der Waals surface area contributed by atoms with E-state index in [2.05, 4.69) is 58.4 Å². The first kappa shape index (κ1) is 15.9. The molecule has 1 aromatic carbocycles. The summed E-state index contributed by atoms with van der Waals surface area (Å²) < 4.78 is 7.24. The quantitative estimate of drug-likeness (QED) is 0.641. The number of hydrogen-bond donors (Lipinski definition) is 2. The van der Waals surface area contributed by atoms with Crippen LogP contribution in [0.25, 0.3) is 0 Å². The molecule has 0 atom stereocenters. The van der Waals surface area contributed by atoms with E-state index in [-0.39, 0.29) is 5.11 Å². The number of benzene rings is 1. The van der Waals surface area contributed by atoms with Gasteiger partial charge in [0.2, 0.25) is 0 Å². The van der Waals surface area contributed by atoms with Crippen molar-refractivity contribution < 1.29 is 9.53 Å². The van der Waals surface area contributed by atoms with Crippen molar-refractivity contribution in [3.63, 3.8) is 0 Å². The molecule has 98 valence electrons.